The van der Waals surface area contributed by atoms with Crippen LogP contribution in [0.5, 0.6) is 5.75 Å². The Labute approximate surface area is 74.1 Å². The van der Waals surface area contributed by atoms with Gasteiger partial charge in [0.1, 0.15) is 5.75 Å². The van der Waals surface area contributed by atoms with E-state index in [4.69, 9.17) is 15.8 Å². The van der Waals surface area contributed by atoms with Crippen LogP contribution in [0.25, 0.3) is 0 Å². The zero-order valence-corrected chi connectivity index (χ0v) is 7.90. The Morgan fingerprint density at radius 2 is 1.91 bits per heavy atom. The fourth-order valence-electron chi connectivity index (χ4n) is 0.607. The van der Waals surface area contributed by atoms with Crippen molar-refractivity contribution < 1.29 is 20.3 Å². The van der Waals surface area contributed by atoms with E-state index >= 15 is 0 Å². The molecule has 0 amide bonds. The van der Waals surface area contributed by atoms with Gasteiger partial charge in [0, 0.05) is 0 Å². The lowest BCUT2D eigenvalue weighted by Crippen LogP contribution is -1.81. The van der Waals surface area contributed by atoms with Crippen LogP contribution in [0.1, 0.15) is 0 Å². The zero-order chi connectivity index (χ0) is 8.32. The SMILES string of the molecule is O=P(Cl)([ClH+])Oc1ccccc1. The third kappa shape index (κ3) is 3.66. The number of rotatable bonds is 2. The summed E-state index contributed by atoms with van der Waals surface area (Å²) in [4.78, 5) is 0. The van der Waals surface area contributed by atoms with Crippen LogP contribution in [-0.2, 0) is 4.57 Å². The maximum atomic E-state index is 10.7. The molecule has 11 heavy (non-hydrogen) atoms. The van der Waals surface area contributed by atoms with Gasteiger partial charge in [-0.15, -0.1) is 0 Å². The first kappa shape index (κ1) is 8.92. The monoisotopic (exact) mass is 211 g/mol. The van der Waals surface area contributed by atoms with Crippen LogP contribution in [0, 0.1) is 11.2 Å². The quantitative estimate of drug-likeness (QED) is 0.704. The van der Waals surface area contributed by atoms with Crippen LogP contribution in [0.4, 0.5) is 0 Å². The molecular weight excluding hydrogens is 206 g/mol. The number of benzene rings is 1. The molecule has 0 aliphatic heterocycles. The molecule has 1 unspecified atom stereocenters. The summed E-state index contributed by atoms with van der Waals surface area (Å²) < 4.78 is 15.5. The summed E-state index contributed by atoms with van der Waals surface area (Å²) >= 11 is 9.58. The topological polar surface area (TPSA) is 26.3 Å². The Kier molecular flexibility index (Phi) is 2.83. The number of halogens is 2. The second-order valence-electron chi connectivity index (χ2n) is 1.83. The molecule has 0 aromatic heterocycles. The average Bonchev–Trinajstić information content (AvgIpc) is 1.85. The van der Waals surface area contributed by atoms with Crippen LogP contribution in [-0.4, -0.2) is 0 Å². The summed E-state index contributed by atoms with van der Waals surface area (Å²) in [5.74, 6) is 0.431. The summed E-state index contributed by atoms with van der Waals surface area (Å²) in [6.45, 7) is 0. The molecule has 0 saturated heterocycles. The van der Waals surface area contributed by atoms with Crippen LogP contribution in [0.3, 0.4) is 0 Å². The summed E-state index contributed by atoms with van der Waals surface area (Å²) in [6, 6.07) is 8.59. The van der Waals surface area contributed by atoms with Gasteiger partial charge in [-0.3, -0.25) is 0 Å². The highest BCUT2D eigenvalue weighted by molar-refractivity contribution is 7.79. The molecule has 0 spiro atoms. The van der Waals surface area contributed by atoms with Crippen molar-refractivity contribution in [3.63, 3.8) is 0 Å². The van der Waals surface area contributed by atoms with Gasteiger partial charge >= 0.3 is 6.07 Å². The van der Waals surface area contributed by atoms with E-state index in [0.717, 1.165) is 0 Å². The lowest BCUT2D eigenvalue weighted by molar-refractivity contribution is -0.183. The minimum atomic E-state index is -3.33. The Balaban J connectivity index is 2.74. The van der Waals surface area contributed by atoms with E-state index in [2.05, 4.69) is 11.2 Å². The molecule has 0 aliphatic carbocycles. The molecule has 0 fully saturated rings. The first-order valence-corrected chi connectivity index (χ1v) is 6.37. The van der Waals surface area contributed by atoms with Gasteiger partial charge in [0.15, 0.2) is 0 Å². The Morgan fingerprint density at radius 3 is 2.36 bits per heavy atom. The van der Waals surface area contributed by atoms with E-state index < -0.39 is 6.07 Å². The fraction of sp³-hybridized carbons (Fsp3) is 0. The molecule has 0 heterocycles. The molecule has 0 aliphatic rings. The van der Waals surface area contributed by atoms with Crippen molar-refractivity contribution in [2.24, 2.45) is 0 Å². The van der Waals surface area contributed by atoms with Crippen molar-refractivity contribution in [2.75, 3.05) is 0 Å². The molecule has 0 N–H and O–H groups in total. The van der Waals surface area contributed by atoms with Gasteiger partial charge in [0.05, 0.1) is 11.2 Å². The molecule has 0 radical (unpaired) electrons. The van der Waals surface area contributed by atoms with Crippen LogP contribution >= 0.6 is 17.3 Å². The third-order valence-corrected chi connectivity index (χ3v) is 1.82. The maximum absolute atomic E-state index is 10.7. The molecule has 1 rings (SSSR count). The maximum Gasteiger partial charge on any atom is 0.612 e. The van der Waals surface area contributed by atoms with E-state index in [1.807, 2.05) is 6.07 Å². The zero-order valence-electron chi connectivity index (χ0n) is 5.44. The number of hydrogen-bond acceptors (Lipinski definition) is 2. The Bertz CT molecular complexity index is 269. The van der Waals surface area contributed by atoms with E-state index in [-0.39, 0.29) is 0 Å². The second-order valence-corrected chi connectivity index (χ2v) is 6.26. The van der Waals surface area contributed by atoms with Crippen LogP contribution in [0.2, 0.25) is 0 Å². The molecule has 0 bridgehead atoms. The predicted octanol–water partition coefficient (Wildman–Crippen LogP) is 2.69. The van der Waals surface area contributed by atoms with Crippen LogP contribution < -0.4 is 4.52 Å². The highest BCUT2D eigenvalue weighted by Crippen LogP contribution is 2.49. The number of para-hydroxylation sites is 1. The summed E-state index contributed by atoms with van der Waals surface area (Å²) in [7, 11) is 0. The van der Waals surface area contributed by atoms with Gasteiger partial charge in [0.25, 0.3) is 0 Å². The Hall–Kier alpha value is -0.170. The lowest BCUT2D eigenvalue weighted by Gasteiger charge is -1.98. The van der Waals surface area contributed by atoms with E-state index in [9.17, 15) is 4.57 Å². The van der Waals surface area contributed by atoms with E-state index in [1.54, 1.807) is 24.3 Å². The minimum absolute atomic E-state index is 0.431. The summed E-state index contributed by atoms with van der Waals surface area (Å²) in [5.41, 5.74) is 0. The van der Waals surface area contributed by atoms with Gasteiger partial charge in [-0.1, -0.05) is 18.2 Å². The van der Waals surface area contributed by atoms with E-state index in [1.165, 1.54) is 0 Å². The fourth-order valence-corrected chi connectivity index (χ4v) is 1.48. The summed E-state index contributed by atoms with van der Waals surface area (Å²) in [5, 5.41) is 0. The third-order valence-electron chi connectivity index (χ3n) is 0.958. The van der Waals surface area contributed by atoms with Gasteiger partial charge < -0.3 is 4.52 Å². The lowest BCUT2D eigenvalue weighted by atomic mass is 10.3. The van der Waals surface area contributed by atoms with Crippen molar-refractivity contribution in [2.45, 2.75) is 0 Å². The first-order chi connectivity index (χ1) is 5.08. The molecular formula is C6H6Cl2O2P+. The Morgan fingerprint density at radius 1 is 1.36 bits per heavy atom. The predicted molar refractivity (Wildman–Crippen MR) is 41.9 cm³/mol. The molecule has 2 nitrogen and oxygen atoms in total. The highest BCUT2D eigenvalue weighted by Gasteiger charge is 2.27. The van der Waals surface area contributed by atoms with Gasteiger partial charge in [-0.05, 0) is 12.1 Å². The van der Waals surface area contributed by atoms with Crippen LogP contribution in [0.15, 0.2) is 30.3 Å². The molecule has 1 atom stereocenters. The van der Waals surface area contributed by atoms with Crippen molar-refractivity contribution in [3.05, 3.63) is 30.3 Å². The largest absolute Gasteiger partial charge is 0.612 e. The van der Waals surface area contributed by atoms with E-state index in [0.29, 0.717) is 5.75 Å². The molecule has 0 saturated carbocycles. The van der Waals surface area contributed by atoms with Crippen molar-refractivity contribution in [3.8, 4) is 5.75 Å². The normalized spacial score (nSPS) is 15.5. The van der Waals surface area contributed by atoms with Gasteiger partial charge in [-0.2, -0.15) is 4.57 Å². The standard InChI is InChI=1S/C6H6Cl2O2P/c7-11(8,9)10-6-4-2-1-3-5-6/h1-5,7H/q+1. The van der Waals surface area contributed by atoms with Gasteiger partial charge in [-0.25, -0.2) is 0 Å². The molecule has 5 heteroatoms. The molecule has 1 aromatic rings. The average molecular weight is 212 g/mol. The van der Waals surface area contributed by atoms with Crippen molar-refractivity contribution >= 4 is 17.3 Å². The molecule has 1 aromatic carbocycles. The first-order valence-electron chi connectivity index (χ1n) is 2.83. The number of hydrogen-bond donors (Lipinski definition) is 0. The summed E-state index contributed by atoms with van der Waals surface area (Å²) in [6.07, 6.45) is -3.33. The minimum Gasteiger partial charge on any atom is -0.390 e. The smallest absolute Gasteiger partial charge is 0.390 e. The van der Waals surface area contributed by atoms with Gasteiger partial charge in [0.2, 0.25) is 11.2 Å². The van der Waals surface area contributed by atoms with Crippen molar-refractivity contribution in [1.82, 2.24) is 0 Å². The second kappa shape index (κ2) is 3.48. The molecule has 60 valence electrons. The highest BCUT2D eigenvalue weighted by atomic mass is 35.9. The van der Waals surface area contributed by atoms with Crippen molar-refractivity contribution in [1.29, 1.82) is 0 Å².